The van der Waals surface area contributed by atoms with Gasteiger partial charge in [-0.25, -0.2) is 0 Å². The zero-order chi connectivity index (χ0) is 17.1. The van der Waals surface area contributed by atoms with Crippen LogP contribution in [0.5, 0.6) is 0 Å². The van der Waals surface area contributed by atoms with Crippen molar-refractivity contribution in [3.05, 3.63) is 48.0 Å². The van der Waals surface area contributed by atoms with Crippen LogP contribution in [-0.4, -0.2) is 48.2 Å². The third-order valence-electron chi connectivity index (χ3n) is 4.66. The Balaban J connectivity index is 1.37. The van der Waals surface area contributed by atoms with Crippen LogP contribution >= 0.6 is 0 Å². The molecule has 25 heavy (non-hydrogen) atoms. The summed E-state index contributed by atoms with van der Waals surface area (Å²) in [5, 5.41) is 15.9. The number of H-pyrrole nitrogens is 1. The number of piperidine rings is 1. The largest absolute Gasteiger partial charge is 0.297 e. The quantitative estimate of drug-likeness (QED) is 0.773. The van der Waals surface area contributed by atoms with Crippen molar-refractivity contribution in [2.45, 2.75) is 32.9 Å². The highest BCUT2D eigenvalue weighted by atomic mass is 15.4. The van der Waals surface area contributed by atoms with Gasteiger partial charge in [0.25, 0.3) is 0 Å². The van der Waals surface area contributed by atoms with Crippen molar-refractivity contribution in [1.29, 1.82) is 0 Å². The van der Waals surface area contributed by atoms with E-state index in [0.29, 0.717) is 5.92 Å². The van der Waals surface area contributed by atoms with Gasteiger partial charge in [0.2, 0.25) is 0 Å². The molecule has 0 saturated carbocycles. The van der Waals surface area contributed by atoms with Gasteiger partial charge in [-0.2, -0.15) is 5.10 Å². The average molecular weight is 337 g/mol. The third-order valence-corrected chi connectivity index (χ3v) is 4.66. The molecule has 4 heterocycles. The maximum atomic E-state index is 4.35. The fourth-order valence-electron chi connectivity index (χ4n) is 3.51. The molecular formula is C18H23N7. The van der Waals surface area contributed by atoms with E-state index in [4.69, 9.17) is 0 Å². The SMILES string of the molecule is Cc1cc(CN2CCCC(Cn3cc(-c4ccccn4)nn3)C2)n[nH]1. The molecule has 1 atom stereocenters. The number of nitrogens with zero attached hydrogens (tertiary/aromatic N) is 6. The molecule has 3 aromatic rings. The summed E-state index contributed by atoms with van der Waals surface area (Å²) in [6, 6.07) is 7.96. The van der Waals surface area contributed by atoms with Crippen LogP contribution in [0.2, 0.25) is 0 Å². The Morgan fingerprint density at radius 3 is 3.04 bits per heavy atom. The van der Waals surface area contributed by atoms with Crippen LogP contribution in [0.3, 0.4) is 0 Å². The standard InChI is InChI=1S/C18H23N7/c1-14-9-16(21-20-14)12-24-8-4-5-15(10-24)11-25-13-18(22-23-25)17-6-2-3-7-19-17/h2-3,6-7,9,13,15H,4-5,8,10-12H2,1H3,(H,20,21). The molecule has 1 fully saturated rings. The van der Waals surface area contributed by atoms with Crippen LogP contribution in [0.4, 0.5) is 0 Å². The Bertz CT molecular complexity index is 808. The molecule has 3 aromatic heterocycles. The van der Waals surface area contributed by atoms with Crippen LogP contribution < -0.4 is 0 Å². The first-order valence-electron chi connectivity index (χ1n) is 8.81. The average Bonchev–Trinajstić information content (AvgIpc) is 3.25. The molecule has 130 valence electrons. The van der Waals surface area contributed by atoms with Crippen molar-refractivity contribution in [2.75, 3.05) is 13.1 Å². The lowest BCUT2D eigenvalue weighted by Crippen LogP contribution is -2.36. The summed E-state index contributed by atoms with van der Waals surface area (Å²) >= 11 is 0. The minimum Gasteiger partial charge on any atom is -0.297 e. The van der Waals surface area contributed by atoms with Gasteiger partial charge in [-0.15, -0.1) is 5.10 Å². The minimum atomic E-state index is 0.590. The fourth-order valence-corrected chi connectivity index (χ4v) is 3.51. The Labute approximate surface area is 147 Å². The highest BCUT2D eigenvalue weighted by Crippen LogP contribution is 2.20. The van der Waals surface area contributed by atoms with Gasteiger partial charge in [-0.1, -0.05) is 11.3 Å². The number of hydrogen-bond acceptors (Lipinski definition) is 5. The molecule has 1 aliphatic rings. The van der Waals surface area contributed by atoms with Gasteiger partial charge in [0.1, 0.15) is 5.69 Å². The number of aryl methyl sites for hydroxylation is 1. The zero-order valence-electron chi connectivity index (χ0n) is 14.5. The number of likely N-dealkylation sites (tertiary alicyclic amines) is 1. The first-order chi connectivity index (χ1) is 12.3. The van der Waals surface area contributed by atoms with Crippen LogP contribution in [0.25, 0.3) is 11.4 Å². The molecular weight excluding hydrogens is 314 g/mol. The molecule has 0 spiro atoms. The van der Waals surface area contributed by atoms with Crippen molar-refractivity contribution in [3.8, 4) is 11.4 Å². The summed E-state index contributed by atoms with van der Waals surface area (Å²) in [4.78, 5) is 6.82. The van der Waals surface area contributed by atoms with Crippen molar-refractivity contribution in [1.82, 2.24) is 35.1 Å². The highest BCUT2D eigenvalue weighted by Gasteiger charge is 2.21. The van der Waals surface area contributed by atoms with Crippen molar-refractivity contribution in [3.63, 3.8) is 0 Å². The molecule has 7 nitrogen and oxygen atoms in total. The number of nitrogens with one attached hydrogen (secondary N) is 1. The number of hydrogen-bond donors (Lipinski definition) is 1. The van der Waals surface area contributed by atoms with Crippen LogP contribution in [-0.2, 0) is 13.1 Å². The predicted octanol–water partition coefficient (Wildman–Crippen LogP) is 2.28. The van der Waals surface area contributed by atoms with Crippen LogP contribution in [0, 0.1) is 12.8 Å². The number of pyridine rings is 1. The van der Waals surface area contributed by atoms with E-state index >= 15 is 0 Å². The third kappa shape index (κ3) is 3.93. The van der Waals surface area contributed by atoms with Crippen molar-refractivity contribution >= 4 is 0 Å². The molecule has 4 rings (SSSR count). The lowest BCUT2D eigenvalue weighted by atomic mass is 9.98. The molecule has 0 amide bonds. The summed E-state index contributed by atoms with van der Waals surface area (Å²) in [5.41, 5.74) is 3.94. The van der Waals surface area contributed by atoms with Gasteiger partial charge in [0.15, 0.2) is 0 Å². The van der Waals surface area contributed by atoms with E-state index in [2.05, 4.69) is 36.5 Å². The number of rotatable bonds is 5. The first kappa shape index (κ1) is 16.0. The minimum absolute atomic E-state index is 0.590. The molecule has 1 unspecified atom stereocenters. The highest BCUT2D eigenvalue weighted by molar-refractivity contribution is 5.51. The van der Waals surface area contributed by atoms with E-state index in [1.54, 1.807) is 6.20 Å². The van der Waals surface area contributed by atoms with E-state index < -0.39 is 0 Å². The molecule has 0 bridgehead atoms. The Hall–Kier alpha value is -2.54. The smallest absolute Gasteiger partial charge is 0.131 e. The molecule has 1 saturated heterocycles. The normalized spacial score (nSPS) is 18.5. The second-order valence-corrected chi connectivity index (χ2v) is 6.83. The van der Waals surface area contributed by atoms with Gasteiger partial charge in [0.05, 0.1) is 17.6 Å². The maximum Gasteiger partial charge on any atom is 0.131 e. The van der Waals surface area contributed by atoms with Gasteiger partial charge < -0.3 is 0 Å². The molecule has 1 N–H and O–H groups in total. The predicted molar refractivity (Wildman–Crippen MR) is 94.6 cm³/mol. The van der Waals surface area contributed by atoms with E-state index in [-0.39, 0.29) is 0 Å². The second-order valence-electron chi connectivity index (χ2n) is 6.83. The monoisotopic (exact) mass is 337 g/mol. The van der Waals surface area contributed by atoms with Crippen molar-refractivity contribution < 1.29 is 0 Å². The summed E-state index contributed by atoms with van der Waals surface area (Å²) in [7, 11) is 0. The van der Waals surface area contributed by atoms with E-state index in [0.717, 1.165) is 49.0 Å². The Morgan fingerprint density at radius 2 is 2.24 bits per heavy atom. The fraction of sp³-hybridized carbons (Fsp3) is 0.444. The summed E-state index contributed by atoms with van der Waals surface area (Å²) in [5.74, 6) is 0.590. The summed E-state index contributed by atoms with van der Waals surface area (Å²) < 4.78 is 1.96. The number of aromatic amines is 1. The van der Waals surface area contributed by atoms with E-state index in [1.165, 1.54) is 12.8 Å². The topological polar surface area (TPSA) is 75.5 Å². The molecule has 1 aliphatic heterocycles. The molecule has 7 heteroatoms. The lowest BCUT2D eigenvalue weighted by Gasteiger charge is -2.32. The van der Waals surface area contributed by atoms with E-state index in [9.17, 15) is 0 Å². The van der Waals surface area contributed by atoms with Gasteiger partial charge in [0, 0.05) is 31.5 Å². The van der Waals surface area contributed by atoms with Crippen LogP contribution in [0.15, 0.2) is 36.7 Å². The van der Waals surface area contributed by atoms with Gasteiger partial charge >= 0.3 is 0 Å². The van der Waals surface area contributed by atoms with Crippen LogP contribution in [0.1, 0.15) is 24.2 Å². The Morgan fingerprint density at radius 1 is 1.28 bits per heavy atom. The maximum absolute atomic E-state index is 4.35. The molecule has 0 aliphatic carbocycles. The first-order valence-corrected chi connectivity index (χ1v) is 8.81. The second kappa shape index (κ2) is 7.14. The Kier molecular flexibility index (Phi) is 4.56. The van der Waals surface area contributed by atoms with Gasteiger partial charge in [-0.3, -0.25) is 19.7 Å². The summed E-state index contributed by atoms with van der Waals surface area (Å²) in [6.45, 7) is 6.07. The van der Waals surface area contributed by atoms with Gasteiger partial charge in [-0.05, 0) is 50.4 Å². The van der Waals surface area contributed by atoms with E-state index in [1.807, 2.05) is 36.0 Å². The molecule has 0 radical (unpaired) electrons. The van der Waals surface area contributed by atoms with Crippen molar-refractivity contribution in [2.24, 2.45) is 5.92 Å². The lowest BCUT2D eigenvalue weighted by molar-refractivity contribution is 0.151. The number of aromatic nitrogens is 6. The summed E-state index contributed by atoms with van der Waals surface area (Å²) in [6.07, 6.45) is 6.23. The zero-order valence-corrected chi connectivity index (χ0v) is 14.5. The molecule has 0 aromatic carbocycles.